The van der Waals surface area contributed by atoms with E-state index in [1.165, 1.54) is 0 Å². The van der Waals surface area contributed by atoms with E-state index >= 15 is 0 Å². The summed E-state index contributed by atoms with van der Waals surface area (Å²) < 4.78 is 0. The first kappa shape index (κ1) is 8.35. The number of hydrogen-bond acceptors (Lipinski definition) is 2. The van der Waals surface area contributed by atoms with E-state index in [4.69, 9.17) is 5.26 Å². The fourth-order valence-corrected chi connectivity index (χ4v) is 0.889. The highest BCUT2D eigenvalue weighted by Gasteiger charge is 1.91. The SMILES string of the molecule is C=CCNc1cccc(C#N)c1. The lowest BCUT2D eigenvalue weighted by Gasteiger charge is -2.01. The number of hydrogen-bond donors (Lipinski definition) is 1. The third kappa shape index (κ3) is 2.14. The number of nitriles is 1. The lowest BCUT2D eigenvalue weighted by atomic mass is 10.2. The molecule has 2 heteroatoms. The summed E-state index contributed by atoms with van der Waals surface area (Å²) in [5.41, 5.74) is 1.62. The first-order valence-corrected chi connectivity index (χ1v) is 3.72. The molecule has 1 aromatic carbocycles. The van der Waals surface area contributed by atoms with Crippen LogP contribution in [-0.2, 0) is 0 Å². The molecule has 0 aliphatic heterocycles. The highest BCUT2D eigenvalue weighted by atomic mass is 14.8. The molecule has 0 heterocycles. The first-order chi connectivity index (χ1) is 5.86. The van der Waals surface area contributed by atoms with Crippen molar-refractivity contribution >= 4 is 5.69 Å². The van der Waals surface area contributed by atoms with E-state index in [0.717, 1.165) is 12.2 Å². The second kappa shape index (κ2) is 4.20. The molecule has 2 nitrogen and oxygen atoms in total. The van der Waals surface area contributed by atoms with Gasteiger partial charge >= 0.3 is 0 Å². The monoisotopic (exact) mass is 158 g/mol. The van der Waals surface area contributed by atoms with Crippen LogP contribution in [0.15, 0.2) is 36.9 Å². The second-order valence-corrected chi connectivity index (χ2v) is 2.36. The van der Waals surface area contributed by atoms with Gasteiger partial charge in [-0.1, -0.05) is 12.1 Å². The van der Waals surface area contributed by atoms with E-state index in [-0.39, 0.29) is 0 Å². The minimum Gasteiger partial charge on any atom is -0.382 e. The normalized spacial score (nSPS) is 8.58. The van der Waals surface area contributed by atoms with Gasteiger partial charge in [-0.05, 0) is 18.2 Å². The third-order valence-corrected chi connectivity index (χ3v) is 1.44. The predicted octanol–water partition coefficient (Wildman–Crippen LogP) is 2.16. The molecule has 0 saturated carbocycles. The van der Waals surface area contributed by atoms with Crippen LogP contribution in [-0.4, -0.2) is 6.54 Å². The summed E-state index contributed by atoms with van der Waals surface area (Å²) in [5.74, 6) is 0. The van der Waals surface area contributed by atoms with Crippen LogP contribution in [0.2, 0.25) is 0 Å². The van der Waals surface area contributed by atoms with Gasteiger partial charge in [0.05, 0.1) is 11.6 Å². The van der Waals surface area contributed by atoms with E-state index in [1.54, 1.807) is 12.1 Å². The molecular weight excluding hydrogens is 148 g/mol. The standard InChI is InChI=1S/C10H10N2/c1-2-6-12-10-5-3-4-9(7-10)8-11/h2-5,7,12H,1,6H2. The molecule has 0 saturated heterocycles. The maximum Gasteiger partial charge on any atom is 0.0992 e. The Kier molecular flexibility index (Phi) is 2.92. The number of benzene rings is 1. The fraction of sp³-hybridized carbons (Fsp3) is 0.100. The van der Waals surface area contributed by atoms with Crippen LogP contribution in [0.4, 0.5) is 5.69 Å². The summed E-state index contributed by atoms with van der Waals surface area (Å²) in [6.07, 6.45) is 1.78. The van der Waals surface area contributed by atoms with E-state index < -0.39 is 0 Å². The van der Waals surface area contributed by atoms with Gasteiger partial charge in [0.2, 0.25) is 0 Å². The van der Waals surface area contributed by atoms with Crippen molar-refractivity contribution in [3.05, 3.63) is 42.5 Å². The summed E-state index contributed by atoms with van der Waals surface area (Å²) in [6, 6.07) is 9.44. The van der Waals surface area contributed by atoms with Crippen molar-refractivity contribution in [3.8, 4) is 6.07 Å². The van der Waals surface area contributed by atoms with Crippen molar-refractivity contribution in [2.75, 3.05) is 11.9 Å². The Bertz CT molecular complexity index is 310. The smallest absolute Gasteiger partial charge is 0.0992 e. The molecule has 0 aliphatic carbocycles. The molecule has 0 aromatic heterocycles. The van der Waals surface area contributed by atoms with Gasteiger partial charge in [-0.2, -0.15) is 5.26 Å². The molecule has 0 bridgehead atoms. The Morgan fingerprint density at radius 2 is 2.42 bits per heavy atom. The largest absolute Gasteiger partial charge is 0.382 e. The summed E-state index contributed by atoms with van der Waals surface area (Å²) in [7, 11) is 0. The lowest BCUT2D eigenvalue weighted by molar-refractivity contribution is 1.34. The quantitative estimate of drug-likeness (QED) is 0.684. The zero-order valence-corrected chi connectivity index (χ0v) is 6.75. The fourth-order valence-electron chi connectivity index (χ4n) is 0.889. The van der Waals surface area contributed by atoms with Gasteiger partial charge in [-0.15, -0.1) is 6.58 Å². The zero-order chi connectivity index (χ0) is 8.81. The molecule has 60 valence electrons. The number of nitrogens with one attached hydrogen (secondary N) is 1. The van der Waals surface area contributed by atoms with Crippen LogP contribution < -0.4 is 5.32 Å². The Morgan fingerprint density at radius 1 is 1.58 bits per heavy atom. The molecule has 0 unspecified atom stereocenters. The molecule has 1 aromatic rings. The Morgan fingerprint density at radius 3 is 3.08 bits per heavy atom. The molecule has 0 amide bonds. The average Bonchev–Trinajstić information content (AvgIpc) is 2.15. The minimum atomic E-state index is 0.670. The van der Waals surface area contributed by atoms with Crippen molar-refractivity contribution in [1.29, 1.82) is 5.26 Å². The van der Waals surface area contributed by atoms with Gasteiger partial charge in [0.15, 0.2) is 0 Å². The molecule has 1 rings (SSSR count). The van der Waals surface area contributed by atoms with Crippen LogP contribution in [0, 0.1) is 11.3 Å². The number of rotatable bonds is 3. The summed E-state index contributed by atoms with van der Waals surface area (Å²) >= 11 is 0. The van der Waals surface area contributed by atoms with Crippen LogP contribution in [0.1, 0.15) is 5.56 Å². The van der Waals surface area contributed by atoms with Crippen LogP contribution in [0.3, 0.4) is 0 Å². The molecule has 1 N–H and O–H groups in total. The van der Waals surface area contributed by atoms with Crippen molar-refractivity contribution in [2.45, 2.75) is 0 Å². The average molecular weight is 158 g/mol. The molecule has 12 heavy (non-hydrogen) atoms. The third-order valence-electron chi connectivity index (χ3n) is 1.44. The second-order valence-electron chi connectivity index (χ2n) is 2.36. The van der Waals surface area contributed by atoms with Gasteiger partial charge in [-0.3, -0.25) is 0 Å². The van der Waals surface area contributed by atoms with Gasteiger partial charge in [-0.25, -0.2) is 0 Å². The first-order valence-electron chi connectivity index (χ1n) is 3.72. The van der Waals surface area contributed by atoms with Crippen LogP contribution in [0.25, 0.3) is 0 Å². The van der Waals surface area contributed by atoms with Crippen molar-refractivity contribution in [1.82, 2.24) is 0 Å². The molecule has 0 radical (unpaired) electrons. The molecule has 0 fully saturated rings. The minimum absolute atomic E-state index is 0.670. The van der Waals surface area contributed by atoms with Gasteiger partial charge in [0, 0.05) is 12.2 Å². The van der Waals surface area contributed by atoms with Gasteiger partial charge < -0.3 is 5.32 Å². The number of nitrogens with zero attached hydrogens (tertiary/aromatic N) is 1. The Balaban J connectivity index is 2.74. The topological polar surface area (TPSA) is 35.8 Å². The van der Waals surface area contributed by atoms with Crippen LogP contribution in [0.5, 0.6) is 0 Å². The summed E-state index contributed by atoms with van der Waals surface area (Å²) in [6.45, 7) is 4.31. The van der Waals surface area contributed by atoms with E-state index in [9.17, 15) is 0 Å². The maximum atomic E-state index is 8.59. The van der Waals surface area contributed by atoms with Crippen molar-refractivity contribution in [2.24, 2.45) is 0 Å². The molecule has 0 spiro atoms. The summed E-state index contributed by atoms with van der Waals surface area (Å²) in [4.78, 5) is 0. The molecule has 0 atom stereocenters. The van der Waals surface area contributed by atoms with Crippen molar-refractivity contribution in [3.63, 3.8) is 0 Å². The van der Waals surface area contributed by atoms with Crippen molar-refractivity contribution < 1.29 is 0 Å². The van der Waals surface area contributed by atoms with Gasteiger partial charge in [0.25, 0.3) is 0 Å². The number of anilines is 1. The Labute approximate surface area is 72.1 Å². The van der Waals surface area contributed by atoms with Crippen LogP contribution >= 0.6 is 0 Å². The molecule has 0 aliphatic rings. The van der Waals surface area contributed by atoms with E-state index in [1.807, 2.05) is 18.2 Å². The highest BCUT2D eigenvalue weighted by molar-refractivity contribution is 5.49. The highest BCUT2D eigenvalue weighted by Crippen LogP contribution is 2.08. The molecular formula is C10H10N2. The van der Waals surface area contributed by atoms with E-state index in [2.05, 4.69) is 18.0 Å². The van der Waals surface area contributed by atoms with E-state index in [0.29, 0.717) is 5.56 Å². The summed E-state index contributed by atoms with van der Waals surface area (Å²) in [5, 5.41) is 11.7. The zero-order valence-electron chi connectivity index (χ0n) is 6.75. The van der Waals surface area contributed by atoms with Gasteiger partial charge in [0.1, 0.15) is 0 Å². The maximum absolute atomic E-state index is 8.59. The lowest BCUT2D eigenvalue weighted by Crippen LogP contribution is -1.97. The predicted molar refractivity (Wildman–Crippen MR) is 49.8 cm³/mol. The Hall–Kier alpha value is -1.75.